The van der Waals surface area contributed by atoms with Gasteiger partial charge in [-0.2, -0.15) is 0 Å². The molecule has 0 saturated carbocycles. The first-order valence-corrected chi connectivity index (χ1v) is 9.80. The zero-order valence-corrected chi connectivity index (χ0v) is 17.9. The normalized spacial score (nSPS) is 10.8. The number of ketones is 1. The van der Waals surface area contributed by atoms with Gasteiger partial charge in [-0.15, -0.1) is 0 Å². The number of halogens is 1. The highest BCUT2D eigenvalue weighted by Crippen LogP contribution is 2.26. The van der Waals surface area contributed by atoms with Gasteiger partial charge in [0.25, 0.3) is 0 Å². The number of hydrogen-bond donors (Lipinski definition) is 0. The fourth-order valence-corrected chi connectivity index (χ4v) is 3.20. The second-order valence-corrected chi connectivity index (χ2v) is 7.13. The van der Waals surface area contributed by atoms with Gasteiger partial charge in [-0.3, -0.25) is 4.79 Å². The lowest BCUT2D eigenvalue weighted by molar-refractivity contribution is 0.104. The van der Waals surface area contributed by atoms with Gasteiger partial charge in [-0.1, -0.05) is 23.7 Å². The van der Waals surface area contributed by atoms with Crippen LogP contribution in [0.1, 0.15) is 27.0 Å². The smallest absolute Gasteiger partial charge is 0.185 e. The van der Waals surface area contributed by atoms with Crippen molar-refractivity contribution >= 4 is 23.5 Å². The van der Waals surface area contributed by atoms with Crippen molar-refractivity contribution < 1.29 is 19.0 Å². The van der Waals surface area contributed by atoms with Crippen molar-refractivity contribution in [3.8, 4) is 17.2 Å². The standard InChI is InChI=1S/C25H23ClO4/c1-17-14-21(26)8-13-24(17)30-16-20-15-18(5-12-25(20)29-3)4-11-23(27)19-6-9-22(28-2)10-7-19/h4-15H,16H2,1-3H3/b11-4+. The van der Waals surface area contributed by atoms with Crippen molar-refractivity contribution in [1.82, 2.24) is 0 Å². The van der Waals surface area contributed by atoms with Crippen LogP contribution < -0.4 is 14.2 Å². The Labute approximate surface area is 181 Å². The Morgan fingerprint density at radius 2 is 1.67 bits per heavy atom. The summed E-state index contributed by atoms with van der Waals surface area (Å²) in [5.74, 6) is 2.12. The van der Waals surface area contributed by atoms with Gasteiger partial charge in [0.15, 0.2) is 5.78 Å². The molecule has 0 heterocycles. The van der Waals surface area contributed by atoms with Crippen LogP contribution in [0.3, 0.4) is 0 Å². The van der Waals surface area contributed by atoms with Crippen LogP contribution in [0.4, 0.5) is 0 Å². The summed E-state index contributed by atoms with van der Waals surface area (Å²) >= 11 is 6.01. The number of benzene rings is 3. The third-order valence-electron chi connectivity index (χ3n) is 4.63. The molecule has 3 rings (SSSR count). The van der Waals surface area contributed by atoms with Crippen LogP contribution in [0, 0.1) is 6.92 Å². The van der Waals surface area contributed by atoms with E-state index in [2.05, 4.69) is 0 Å². The number of aryl methyl sites for hydroxylation is 1. The summed E-state index contributed by atoms with van der Waals surface area (Å²) in [5.41, 5.74) is 3.32. The molecule has 3 aromatic carbocycles. The first-order valence-electron chi connectivity index (χ1n) is 9.42. The van der Waals surface area contributed by atoms with Gasteiger partial charge in [0, 0.05) is 16.1 Å². The Balaban J connectivity index is 1.74. The van der Waals surface area contributed by atoms with Crippen molar-refractivity contribution in [2.75, 3.05) is 14.2 Å². The van der Waals surface area contributed by atoms with Gasteiger partial charge in [-0.25, -0.2) is 0 Å². The molecule has 0 aromatic heterocycles. The molecule has 0 amide bonds. The zero-order chi connectivity index (χ0) is 21.5. The number of rotatable bonds is 8. The summed E-state index contributed by atoms with van der Waals surface area (Å²) in [6.07, 6.45) is 3.33. The molecular weight excluding hydrogens is 400 g/mol. The summed E-state index contributed by atoms with van der Waals surface area (Å²) in [6.45, 7) is 2.28. The van der Waals surface area contributed by atoms with E-state index in [1.807, 2.05) is 37.3 Å². The monoisotopic (exact) mass is 422 g/mol. The van der Waals surface area contributed by atoms with E-state index < -0.39 is 0 Å². The fourth-order valence-electron chi connectivity index (χ4n) is 2.97. The molecule has 0 N–H and O–H groups in total. The van der Waals surface area contributed by atoms with E-state index in [9.17, 15) is 4.79 Å². The lowest BCUT2D eigenvalue weighted by atomic mass is 10.1. The van der Waals surface area contributed by atoms with Gasteiger partial charge in [0.1, 0.15) is 23.9 Å². The maximum Gasteiger partial charge on any atom is 0.185 e. The molecule has 3 aromatic rings. The molecule has 30 heavy (non-hydrogen) atoms. The molecule has 0 aliphatic heterocycles. The number of methoxy groups -OCH3 is 2. The third-order valence-corrected chi connectivity index (χ3v) is 4.86. The van der Waals surface area contributed by atoms with Gasteiger partial charge < -0.3 is 14.2 Å². The molecule has 0 saturated heterocycles. The number of carbonyl (C=O) groups excluding carboxylic acids is 1. The highest BCUT2D eigenvalue weighted by Gasteiger charge is 2.08. The minimum Gasteiger partial charge on any atom is -0.497 e. The van der Waals surface area contributed by atoms with Crippen LogP contribution in [-0.4, -0.2) is 20.0 Å². The molecule has 154 valence electrons. The van der Waals surface area contributed by atoms with Crippen LogP contribution in [0.25, 0.3) is 6.08 Å². The van der Waals surface area contributed by atoms with E-state index in [4.69, 9.17) is 25.8 Å². The quantitative estimate of drug-likeness (QED) is 0.323. The van der Waals surface area contributed by atoms with Gasteiger partial charge in [0.2, 0.25) is 0 Å². The highest BCUT2D eigenvalue weighted by molar-refractivity contribution is 6.30. The van der Waals surface area contributed by atoms with Gasteiger partial charge in [0.05, 0.1) is 14.2 Å². The van der Waals surface area contributed by atoms with Crippen molar-refractivity contribution in [3.05, 3.63) is 94.0 Å². The van der Waals surface area contributed by atoms with Crippen LogP contribution in [0.2, 0.25) is 5.02 Å². The molecule has 0 atom stereocenters. The first-order chi connectivity index (χ1) is 14.5. The number of carbonyl (C=O) groups is 1. The topological polar surface area (TPSA) is 44.8 Å². The van der Waals surface area contributed by atoms with Crippen LogP contribution in [0.5, 0.6) is 17.2 Å². The van der Waals surface area contributed by atoms with E-state index in [1.165, 1.54) is 0 Å². The minimum absolute atomic E-state index is 0.0805. The predicted octanol–water partition coefficient (Wildman–Crippen LogP) is 6.14. The lowest BCUT2D eigenvalue weighted by Gasteiger charge is -2.13. The average molecular weight is 423 g/mol. The summed E-state index contributed by atoms with van der Waals surface area (Å²) < 4.78 is 16.5. The number of ether oxygens (including phenoxy) is 3. The van der Waals surface area contributed by atoms with Crippen LogP contribution in [0.15, 0.2) is 66.7 Å². The second kappa shape index (κ2) is 9.99. The van der Waals surface area contributed by atoms with Crippen molar-refractivity contribution in [3.63, 3.8) is 0 Å². The van der Waals surface area contributed by atoms with E-state index in [0.717, 1.165) is 28.2 Å². The zero-order valence-electron chi connectivity index (χ0n) is 17.1. The first kappa shape index (κ1) is 21.5. The maximum atomic E-state index is 12.4. The molecule has 0 unspecified atom stereocenters. The van der Waals surface area contributed by atoms with Crippen molar-refractivity contribution in [1.29, 1.82) is 0 Å². The Kier molecular flexibility index (Phi) is 7.15. The number of allylic oxidation sites excluding steroid dienone is 1. The molecular formula is C25H23ClO4. The molecule has 4 nitrogen and oxygen atoms in total. The second-order valence-electron chi connectivity index (χ2n) is 6.70. The third kappa shape index (κ3) is 5.43. The molecule has 5 heteroatoms. The Hall–Kier alpha value is -3.24. The summed E-state index contributed by atoms with van der Waals surface area (Å²) in [4.78, 5) is 12.4. The summed E-state index contributed by atoms with van der Waals surface area (Å²) in [5, 5.41) is 0.672. The fraction of sp³-hybridized carbons (Fsp3) is 0.160. The van der Waals surface area contributed by atoms with Gasteiger partial charge >= 0.3 is 0 Å². The lowest BCUT2D eigenvalue weighted by Crippen LogP contribution is -2.00. The summed E-state index contributed by atoms with van der Waals surface area (Å²) in [6, 6.07) is 18.2. The average Bonchev–Trinajstić information content (AvgIpc) is 2.77. The Morgan fingerprint density at radius 1 is 0.933 bits per heavy atom. The van der Waals surface area contributed by atoms with E-state index in [-0.39, 0.29) is 5.78 Å². The highest BCUT2D eigenvalue weighted by atomic mass is 35.5. The number of hydrogen-bond acceptors (Lipinski definition) is 4. The predicted molar refractivity (Wildman–Crippen MR) is 120 cm³/mol. The Bertz CT molecular complexity index is 1060. The van der Waals surface area contributed by atoms with E-state index in [0.29, 0.717) is 22.9 Å². The maximum absolute atomic E-state index is 12.4. The van der Waals surface area contributed by atoms with Gasteiger partial charge in [-0.05, 0) is 78.7 Å². The minimum atomic E-state index is -0.0805. The largest absolute Gasteiger partial charge is 0.497 e. The van der Waals surface area contributed by atoms with E-state index in [1.54, 1.807) is 56.7 Å². The molecule has 0 spiro atoms. The molecule has 0 aliphatic carbocycles. The SMILES string of the molecule is COc1ccc(C(=O)/C=C/c2ccc(OC)c(COc3ccc(Cl)cc3C)c2)cc1. The van der Waals surface area contributed by atoms with E-state index >= 15 is 0 Å². The van der Waals surface area contributed by atoms with Crippen molar-refractivity contribution in [2.24, 2.45) is 0 Å². The molecule has 0 radical (unpaired) electrons. The van der Waals surface area contributed by atoms with Crippen LogP contribution in [-0.2, 0) is 6.61 Å². The molecule has 0 bridgehead atoms. The molecule has 0 aliphatic rings. The van der Waals surface area contributed by atoms with Crippen molar-refractivity contribution in [2.45, 2.75) is 13.5 Å². The molecule has 0 fully saturated rings. The summed E-state index contributed by atoms with van der Waals surface area (Å²) in [7, 11) is 3.21. The van der Waals surface area contributed by atoms with Crippen LogP contribution >= 0.6 is 11.6 Å². The Morgan fingerprint density at radius 3 is 2.33 bits per heavy atom.